The van der Waals surface area contributed by atoms with Crippen molar-refractivity contribution < 1.29 is 23.8 Å². The number of methoxy groups -OCH3 is 1. The molecule has 0 saturated carbocycles. The van der Waals surface area contributed by atoms with Crippen LogP contribution in [0.15, 0.2) is 16.7 Å². The first-order valence-corrected chi connectivity index (χ1v) is 6.42. The number of carbonyl (C=O) groups excluding carboxylic acids is 2. The van der Waals surface area contributed by atoms with Crippen LogP contribution >= 0.6 is 15.9 Å². The number of aromatic nitrogens is 1. The van der Waals surface area contributed by atoms with Gasteiger partial charge in [-0.05, 0) is 36.7 Å². The van der Waals surface area contributed by atoms with Gasteiger partial charge in [-0.2, -0.15) is 0 Å². The zero-order chi connectivity index (χ0) is 15.3. The van der Waals surface area contributed by atoms with Gasteiger partial charge in [-0.15, -0.1) is 0 Å². The van der Waals surface area contributed by atoms with Crippen molar-refractivity contribution in [2.45, 2.75) is 26.4 Å². The van der Waals surface area contributed by atoms with Gasteiger partial charge in [0, 0.05) is 16.7 Å². The monoisotopic (exact) mass is 346 g/mol. The molecule has 110 valence electrons. The minimum Gasteiger partial charge on any atom is -0.491 e. The lowest BCUT2D eigenvalue weighted by Gasteiger charge is -2.19. The molecule has 7 nitrogen and oxygen atoms in total. The Morgan fingerprint density at radius 1 is 1.30 bits per heavy atom. The van der Waals surface area contributed by atoms with Crippen LogP contribution in [-0.2, 0) is 4.74 Å². The predicted octanol–water partition coefficient (Wildman–Crippen LogP) is 2.88. The van der Waals surface area contributed by atoms with Gasteiger partial charge in [0.05, 0.1) is 7.11 Å². The molecule has 0 unspecified atom stereocenters. The largest absolute Gasteiger partial charge is 0.491 e. The van der Waals surface area contributed by atoms with Crippen molar-refractivity contribution in [3.05, 3.63) is 16.7 Å². The highest BCUT2D eigenvalue weighted by atomic mass is 79.9. The second-order valence-corrected chi connectivity index (χ2v) is 5.59. The quantitative estimate of drug-likeness (QED) is 0.885. The summed E-state index contributed by atoms with van der Waals surface area (Å²) in [4.78, 5) is 26.8. The third kappa shape index (κ3) is 5.43. The zero-order valence-corrected chi connectivity index (χ0v) is 13.1. The Balaban J connectivity index is 2.65. The van der Waals surface area contributed by atoms with E-state index >= 15 is 0 Å². The molecule has 1 N–H and O–H groups in total. The zero-order valence-electron chi connectivity index (χ0n) is 11.5. The standard InChI is InChI=1S/C12H15BrN2O5/c1-12(2,3)20-11(17)15-10(16)19-9-8(18-4)5-7(13)6-14-9/h5-6H,1-4H3,(H,15,16,17). The van der Waals surface area contributed by atoms with Gasteiger partial charge in [0.25, 0.3) is 5.88 Å². The van der Waals surface area contributed by atoms with Gasteiger partial charge < -0.3 is 14.2 Å². The molecule has 0 saturated heterocycles. The number of amides is 2. The molecule has 2 amide bonds. The molecule has 1 rings (SSSR count). The summed E-state index contributed by atoms with van der Waals surface area (Å²) in [5.74, 6) is 0.190. The number of ether oxygens (including phenoxy) is 3. The molecule has 20 heavy (non-hydrogen) atoms. The van der Waals surface area contributed by atoms with Crippen molar-refractivity contribution in [1.82, 2.24) is 10.3 Å². The molecule has 1 heterocycles. The maximum Gasteiger partial charge on any atom is 0.423 e. The Hall–Kier alpha value is -1.83. The van der Waals surface area contributed by atoms with E-state index in [9.17, 15) is 9.59 Å². The van der Waals surface area contributed by atoms with Crippen molar-refractivity contribution in [3.8, 4) is 11.6 Å². The van der Waals surface area contributed by atoms with Gasteiger partial charge in [0.15, 0.2) is 5.75 Å². The molecule has 0 fully saturated rings. The van der Waals surface area contributed by atoms with Crippen LogP contribution < -0.4 is 14.8 Å². The first-order chi connectivity index (χ1) is 9.21. The van der Waals surface area contributed by atoms with E-state index < -0.39 is 17.8 Å². The first kappa shape index (κ1) is 16.2. The topological polar surface area (TPSA) is 86.8 Å². The first-order valence-electron chi connectivity index (χ1n) is 5.62. The number of nitrogens with one attached hydrogen (secondary N) is 1. The number of halogens is 1. The SMILES string of the molecule is COc1cc(Br)cnc1OC(=O)NC(=O)OC(C)(C)C. The Kier molecular flexibility index (Phi) is 5.32. The predicted molar refractivity (Wildman–Crippen MR) is 73.9 cm³/mol. The number of pyridine rings is 1. The number of nitrogens with zero attached hydrogens (tertiary/aromatic N) is 1. The van der Waals surface area contributed by atoms with Crippen LogP contribution in [0.1, 0.15) is 20.8 Å². The van der Waals surface area contributed by atoms with E-state index in [0.29, 0.717) is 4.47 Å². The summed E-state index contributed by atoms with van der Waals surface area (Å²) >= 11 is 3.20. The normalized spacial score (nSPS) is 10.7. The lowest BCUT2D eigenvalue weighted by atomic mass is 10.2. The Bertz CT molecular complexity index is 513. The third-order valence-electron chi connectivity index (χ3n) is 1.80. The molecule has 0 radical (unpaired) electrons. The summed E-state index contributed by atoms with van der Waals surface area (Å²) in [7, 11) is 1.40. The van der Waals surface area contributed by atoms with Crippen molar-refractivity contribution in [1.29, 1.82) is 0 Å². The van der Waals surface area contributed by atoms with Gasteiger partial charge >= 0.3 is 12.2 Å². The molecule has 1 aromatic heterocycles. The second kappa shape index (κ2) is 6.56. The molecule has 8 heteroatoms. The molecule has 0 aliphatic heterocycles. The number of hydrogen-bond donors (Lipinski definition) is 1. The van der Waals surface area contributed by atoms with Crippen molar-refractivity contribution in [3.63, 3.8) is 0 Å². The van der Waals surface area contributed by atoms with E-state index in [-0.39, 0.29) is 11.6 Å². The second-order valence-electron chi connectivity index (χ2n) is 4.68. The summed E-state index contributed by atoms with van der Waals surface area (Å²) in [5.41, 5.74) is -0.710. The Morgan fingerprint density at radius 2 is 1.95 bits per heavy atom. The molecular weight excluding hydrogens is 332 g/mol. The fraction of sp³-hybridized carbons (Fsp3) is 0.417. The van der Waals surface area contributed by atoms with Crippen LogP contribution in [0.25, 0.3) is 0 Å². The number of rotatable bonds is 2. The molecule has 0 aliphatic rings. The number of imide groups is 1. The molecule has 0 aliphatic carbocycles. The summed E-state index contributed by atoms with van der Waals surface area (Å²) in [5, 5.41) is 1.92. The van der Waals surface area contributed by atoms with Crippen LogP contribution in [0.4, 0.5) is 9.59 Å². The maximum absolute atomic E-state index is 11.5. The van der Waals surface area contributed by atoms with Crippen LogP contribution in [0.3, 0.4) is 0 Å². The van der Waals surface area contributed by atoms with E-state index in [1.807, 2.05) is 5.32 Å². The van der Waals surface area contributed by atoms with Gasteiger partial charge in [-0.25, -0.2) is 19.9 Å². The van der Waals surface area contributed by atoms with Crippen LogP contribution in [0.5, 0.6) is 11.6 Å². The van der Waals surface area contributed by atoms with Crippen LogP contribution in [-0.4, -0.2) is 29.9 Å². The Morgan fingerprint density at radius 3 is 2.50 bits per heavy atom. The van der Waals surface area contributed by atoms with Gasteiger partial charge in [0.2, 0.25) is 0 Å². The fourth-order valence-electron chi connectivity index (χ4n) is 1.13. The van der Waals surface area contributed by atoms with Crippen molar-refractivity contribution in [2.24, 2.45) is 0 Å². The lowest BCUT2D eigenvalue weighted by Crippen LogP contribution is -2.38. The minimum absolute atomic E-state index is 0.0586. The molecule has 1 aromatic rings. The van der Waals surface area contributed by atoms with E-state index in [0.717, 1.165) is 0 Å². The summed E-state index contributed by atoms with van der Waals surface area (Å²) in [6.45, 7) is 5.03. The van der Waals surface area contributed by atoms with E-state index in [2.05, 4.69) is 20.9 Å². The molecular formula is C12H15BrN2O5. The number of carbonyl (C=O) groups is 2. The van der Waals surface area contributed by atoms with Gasteiger partial charge in [-0.3, -0.25) is 0 Å². The average molecular weight is 347 g/mol. The average Bonchev–Trinajstić information content (AvgIpc) is 2.28. The molecule has 0 spiro atoms. The summed E-state index contributed by atoms with van der Waals surface area (Å²) < 4.78 is 15.4. The molecule has 0 atom stereocenters. The van der Waals surface area contributed by atoms with E-state index in [4.69, 9.17) is 14.2 Å². The summed E-state index contributed by atoms with van der Waals surface area (Å²) in [6, 6.07) is 1.57. The number of hydrogen-bond acceptors (Lipinski definition) is 6. The number of alkyl carbamates (subject to hydrolysis) is 1. The fourth-order valence-corrected chi connectivity index (χ4v) is 1.44. The van der Waals surface area contributed by atoms with Crippen molar-refractivity contribution >= 4 is 28.1 Å². The van der Waals surface area contributed by atoms with Crippen molar-refractivity contribution in [2.75, 3.05) is 7.11 Å². The maximum atomic E-state index is 11.5. The third-order valence-corrected chi connectivity index (χ3v) is 2.23. The summed E-state index contributed by atoms with van der Waals surface area (Å²) in [6.07, 6.45) is -0.482. The van der Waals surface area contributed by atoms with E-state index in [1.165, 1.54) is 13.3 Å². The van der Waals surface area contributed by atoms with Gasteiger partial charge in [0.1, 0.15) is 5.60 Å². The minimum atomic E-state index is -1.01. The van der Waals surface area contributed by atoms with E-state index in [1.54, 1.807) is 26.8 Å². The highest BCUT2D eigenvalue weighted by Gasteiger charge is 2.20. The van der Waals surface area contributed by atoms with Gasteiger partial charge in [-0.1, -0.05) is 0 Å². The Labute approximate surface area is 124 Å². The molecule has 0 aromatic carbocycles. The highest BCUT2D eigenvalue weighted by molar-refractivity contribution is 9.10. The van der Waals surface area contributed by atoms with Crippen LogP contribution in [0, 0.1) is 0 Å². The molecule has 0 bridgehead atoms. The highest BCUT2D eigenvalue weighted by Crippen LogP contribution is 2.27. The lowest BCUT2D eigenvalue weighted by molar-refractivity contribution is 0.0532. The smallest absolute Gasteiger partial charge is 0.423 e. The van der Waals surface area contributed by atoms with Crippen LogP contribution in [0.2, 0.25) is 0 Å².